The predicted octanol–water partition coefficient (Wildman–Crippen LogP) is 4.46. The summed E-state index contributed by atoms with van der Waals surface area (Å²) in [4.78, 5) is 5.43. The molecular formula is C12H10ClNS. The van der Waals surface area contributed by atoms with Crippen LogP contribution in [-0.4, -0.2) is 6.21 Å². The minimum absolute atomic E-state index is 0.792. The number of halogens is 1. The molecule has 0 unspecified atom stereocenters. The van der Waals surface area contributed by atoms with Crippen LogP contribution in [0.15, 0.2) is 41.4 Å². The number of hydrogen-bond acceptors (Lipinski definition) is 2. The summed E-state index contributed by atoms with van der Waals surface area (Å²) in [5, 5.41) is 0. The average Bonchev–Trinajstić information content (AvgIpc) is 2.64. The van der Waals surface area contributed by atoms with Gasteiger partial charge in [0.05, 0.1) is 10.0 Å². The van der Waals surface area contributed by atoms with Crippen molar-refractivity contribution >= 4 is 34.8 Å². The molecule has 0 fully saturated rings. The number of aryl methyl sites for hydroxylation is 1. The van der Waals surface area contributed by atoms with Crippen LogP contribution in [0.2, 0.25) is 4.34 Å². The lowest BCUT2D eigenvalue weighted by molar-refractivity contribution is 1.44. The van der Waals surface area contributed by atoms with Crippen molar-refractivity contribution in [3.05, 3.63) is 51.2 Å². The minimum Gasteiger partial charge on any atom is -0.255 e. The lowest BCUT2D eigenvalue weighted by atomic mass is 10.2. The summed E-state index contributed by atoms with van der Waals surface area (Å²) >= 11 is 7.35. The number of aliphatic imine (C=N–C) groups is 1. The Morgan fingerprint density at radius 1 is 1.13 bits per heavy atom. The summed E-state index contributed by atoms with van der Waals surface area (Å²) < 4.78 is 0.792. The first kappa shape index (κ1) is 10.4. The summed E-state index contributed by atoms with van der Waals surface area (Å²) in [5.74, 6) is 0. The first-order valence-electron chi connectivity index (χ1n) is 4.60. The van der Waals surface area contributed by atoms with Gasteiger partial charge in [-0.25, -0.2) is 0 Å². The fourth-order valence-corrected chi connectivity index (χ4v) is 2.10. The maximum atomic E-state index is 5.82. The summed E-state index contributed by atoms with van der Waals surface area (Å²) in [6.45, 7) is 2.06. The number of benzene rings is 1. The van der Waals surface area contributed by atoms with Crippen molar-refractivity contribution in [1.82, 2.24) is 0 Å². The molecule has 1 aromatic carbocycles. The van der Waals surface area contributed by atoms with Crippen LogP contribution in [0.4, 0.5) is 5.69 Å². The van der Waals surface area contributed by atoms with Crippen LogP contribution in [0.1, 0.15) is 10.4 Å². The highest BCUT2D eigenvalue weighted by molar-refractivity contribution is 7.17. The van der Waals surface area contributed by atoms with Gasteiger partial charge in [-0.2, -0.15) is 0 Å². The summed E-state index contributed by atoms with van der Waals surface area (Å²) in [6.07, 6.45) is 1.83. The van der Waals surface area contributed by atoms with Crippen LogP contribution in [-0.2, 0) is 0 Å². The standard InChI is InChI=1S/C12H10ClNS/c1-9-2-4-10(5-3-9)14-8-11-6-7-12(13)15-11/h2-8H,1H3. The molecule has 0 spiro atoms. The van der Waals surface area contributed by atoms with Crippen LogP contribution < -0.4 is 0 Å². The zero-order chi connectivity index (χ0) is 10.7. The normalized spacial score (nSPS) is 11.1. The minimum atomic E-state index is 0.792. The molecule has 2 rings (SSSR count). The molecule has 1 aromatic heterocycles. The van der Waals surface area contributed by atoms with Crippen molar-refractivity contribution in [1.29, 1.82) is 0 Å². The average molecular weight is 236 g/mol. The first-order valence-corrected chi connectivity index (χ1v) is 5.79. The molecular weight excluding hydrogens is 226 g/mol. The fraction of sp³-hybridized carbons (Fsp3) is 0.0833. The van der Waals surface area contributed by atoms with Gasteiger partial charge in [0.15, 0.2) is 0 Å². The third kappa shape index (κ3) is 2.91. The van der Waals surface area contributed by atoms with E-state index >= 15 is 0 Å². The first-order chi connectivity index (χ1) is 7.24. The number of nitrogens with zero attached hydrogens (tertiary/aromatic N) is 1. The van der Waals surface area contributed by atoms with Crippen LogP contribution in [0.5, 0.6) is 0 Å². The zero-order valence-corrected chi connectivity index (χ0v) is 9.85. The molecule has 3 heteroatoms. The van der Waals surface area contributed by atoms with E-state index in [2.05, 4.69) is 11.9 Å². The Kier molecular flexibility index (Phi) is 3.19. The highest BCUT2D eigenvalue weighted by atomic mass is 35.5. The monoisotopic (exact) mass is 235 g/mol. The Bertz CT molecular complexity index is 471. The molecule has 0 saturated carbocycles. The lowest BCUT2D eigenvalue weighted by Crippen LogP contribution is -1.72. The topological polar surface area (TPSA) is 12.4 Å². The second-order valence-corrected chi connectivity index (χ2v) is 4.98. The molecule has 0 aliphatic rings. The third-order valence-corrected chi connectivity index (χ3v) is 3.13. The molecule has 1 nitrogen and oxygen atoms in total. The van der Waals surface area contributed by atoms with Crippen molar-refractivity contribution in [2.24, 2.45) is 4.99 Å². The van der Waals surface area contributed by atoms with Crippen molar-refractivity contribution in [2.75, 3.05) is 0 Å². The Morgan fingerprint density at radius 3 is 2.47 bits per heavy atom. The van der Waals surface area contributed by atoms with E-state index in [0.717, 1.165) is 14.9 Å². The largest absolute Gasteiger partial charge is 0.255 e. The van der Waals surface area contributed by atoms with Crippen molar-refractivity contribution in [3.63, 3.8) is 0 Å². The molecule has 15 heavy (non-hydrogen) atoms. The second-order valence-electron chi connectivity index (χ2n) is 3.24. The molecule has 0 aliphatic carbocycles. The van der Waals surface area contributed by atoms with Crippen LogP contribution >= 0.6 is 22.9 Å². The summed E-state index contributed by atoms with van der Waals surface area (Å²) in [5.41, 5.74) is 2.21. The van der Waals surface area contributed by atoms with Gasteiger partial charge in [-0.15, -0.1) is 11.3 Å². The zero-order valence-electron chi connectivity index (χ0n) is 8.27. The van der Waals surface area contributed by atoms with Crippen molar-refractivity contribution in [2.45, 2.75) is 6.92 Å². The predicted molar refractivity (Wildman–Crippen MR) is 67.8 cm³/mol. The maximum Gasteiger partial charge on any atom is 0.0935 e. The molecule has 0 saturated heterocycles. The van der Waals surface area contributed by atoms with E-state index in [4.69, 9.17) is 11.6 Å². The number of hydrogen-bond donors (Lipinski definition) is 0. The Labute approximate surface area is 98.1 Å². The highest BCUT2D eigenvalue weighted by Gasteiger charge is 1.93. The van der Waals surface area contributed by atoms with E-state index in [9.17, 15) is 0 Å². The van der Waals surface area contributed by atoms with Gasteiger partial charge in [-0.3, -0.25) is 4.99 Å². The number of thiophene rings is 1. The van der Waals surface area contributed by atoms with Gasteiger partial charge in [0.25, 0.3) is 0 Å². The number of rotatable bonds is 2. The maximum absolute atomic E-state index is 5.82. The molecule has 0 atom stereocenters. The van der Waals surface area contributed by atoms with Crippen molar-refractivity contribution in [3.8, 4) is 0 Å². The van der Waals surface area contributed by atoms with Gasteiger partial charge in [0.1, 0.15) is 0 Å². The summed E-state index contributed by atoms with van der Waals surface area (Å²) in [7, 11) is 0. The molecule has 2 aromatic rings. The molecule has 76 valence electrons. The molecule has 0 amide bonds. The van der Waals surface area contributed by atoms with Gasteiger partial charge >= 0.3 is 0 Å². The van der Waals surface area contributed by atoms with Gasteiger partial charge in [-0.05, 0) is 31.2 Å². The van der Waals surface area contributed by atoms with E-state index in [1.807, 2.05) is 42.6 Å². The fourth-order valence-electron chi connectivity index (χ4n) is 1.17. The van der Waals surface area contributed by atoms with Crippen LogP contribution in [0.25, 0.3) is 0 Å². The van der Waals surface area contributed by atoms with Gasteiger partial charge in [-0.1, -0.05) is 29.3 Å². The molecule has 0 bridgehead atoms. The lowest BCUT2D eigenvalue weighted by Gasteiger charge is -1.93. The Hall–Kier alpha value is -1.12. The van der Waals surface area contributed by atoms with E-state index in [-0.39, 0.29) is 0 Å². The van der Waals surface area contributed by atoms with E-state index in [1.54, 1.807) is 0 Å². The third-order valence-electron chi connectivity index (χ3n) is 1.97. The van der Waals surface area contributed by atoms with E-state index < -0.39 is 0 Å². The molecule has 0 N–H and O–H groups in total. The van der Waals surface area contributed by atoms with Gasteiger partial charge in [0.2, 0.25) is 0 Å². The molecule has 0 radical (unpaired) electrons. The van der Waals surface area contributed by atoms with Crippen molar-refractivity contribution < 1.29 is 0 Å². The smallest absolute Gasteiger partial charge is 0.0935 e. The van der Waals surface area contributed by atoms with Crippen LogP contribution in [0, 0.1) is 6.92 Å². The molecule has 0 aliphatic heterocycles. The second kappa shape index (κ2) is 4.60. The quantitative estimate of drug-likeness (QED) is 0.682. The van der Waals surface area contributed by atoms with Gasteiger partial charge in [0, 0.05) is 11.1 Å². The summed E-state index contributed by atoms with van der Waals surface area (Å²) in [6, 6.07) is 11.9. The van der Waals surface area contributed by atoms with E-state index in [0.29, 0.717) is 0 Å². The molecule has 1 heterocycles. The SMILES string of the molecule is Cc1ccc(N=Cc2ccc(Cl)s2)cc1. The Balaban J connectivity index is 2.14. The highest BCUT2D eigenvalue weighted by Crippen LogP contribution is 2.20. The Morgan fingerprint density at radius 2 is 1.87 bits per heavy atom. The van der Waals surface area contributed by atoms with E-state index in [1.165, 1.54) is 16.9 Å². The van der Waals surface area contributed by atoms with Gasteiger partial charge < -0.3 is 0 Å². The van der Waals surface area contributed by atoms with Crippen LogP contribution in [0.3, 0.4) is 0 Å².